The van der Waals surface area contributed by atoms with Crippen LogP contribution in [0.2, 0.25) is 5.15 Å². The van der Waals surface area contributed by atoms with Crippen LogP contribution >= 0.6 is 11.6 Å². The van der Waals surface area contributed by atoms with Crippen LogP contribution in [0, 0.1) is 0 Å². The van der Waals surface area contributed by atoms with E-state index in [2.05, 4.69) is 15.0 Å². The molecule has 5 rings (SSSR count). The Morgan fingerprint density at radius 3 is 2.43 bits per heavy atom. The van der Waals surface area contributed by atoms with Gasteiger partial charge in [-0.1, -0.05) is 72.3 Å². The SMILES string of the molecule is Nc1nc(Cl)c2ncn([C@H]3C[C@H](OCc4ccccc4)[C@@](CF)(COCc4ccccc4)O3)c2n1. The van der Waals surface area contributed by atoms with E-state index in [1.807, 2.05) is 60.7 Å². The maximum atomic E-state index is 14.7. The van der Waals surface area contributed by atoms with Crippen molar-refractivity contribution in [3.63, 3.8) is 0 Å². The first-order chi connectivity index (χ1) is 17.1. The number of halogens is 2. The number of hydrogen-bond acceptors (Lipinski definition) is 7. The Hall–Kier alpha value is -3.11. The highest BCUT2D eigenvalue weighted by atomic mass is 35.5. The number of ether oxygens (including phenoxy) is 3. The highest BCUT2D eigenvalue weighted by Crippen LogP contribution is 2.41. The molecule has 3 heterocycles. The van der Waals surface area contributed by atoms with Crippen LogP contribution < -0.4 is 5.73 Å². The Labute approximate surface area is 206 Å². The minimum Gasteiger partial charge on any atom is -0.374 e. The molecule has 1 aliphatic rings. The summed E-state index contributed by atoms with van der Waals surface area (Å²) < 4.78 is 34.9. The molecule has 8 nitrogen and oxygen atoms in total. The average molecular weight is 498 g/mol. The van der Waals surface area contributed by atoms with Crippen molar-refractivity contribution in [3.05, 3.63) is 83.3 Å². The van der Waals surface area contributed by atoms with Gasteiger partial charge in [0.25, 0.3) is 0 Å². The topological polar surface area (TPSA) is 97.3 Å². The Kier molecular flexibility index (Phi) is 6.92. The lowest BCUT2D eigenvalue weighted by Crippen LogP contribution is -2.47. The van der Waals surface area contributed by atoms with E-state index in [0.29, 0.717) is 30.8 Å². The van der Waals surface area contributed by atoms with Crippen molar-refractivity contribution >= 4 is 28.7 Å². The van der Waals surface area contributed by atoms with Crippen LogP contribution in [0.15, 0.2) is 67.0 Å². The smallest absolute Gasteiger partial charge is 0.223 e. The van der Waals surface area contributed by atoms with Crippen LogP contribution in [0.25, 0.3) is 11.2 Å². The minimum atomic E-state index is -1.31. The summed E-state index contributed by atoms with van der Waals surface area (Å²) in [7, 11) is 0. The van der Waals surface area contributed by atoms with Crippen molar-refractivity contribution in [2.24, 2.45) is 0 Å². The second-order valence-electron chi connectivity index (χ2n) is 8.47. The number of anilines is 1. The van der Waals surface area contributed by atoms with Gasteiger partial charge in [-0.05, 0) is 11.1 Å². The Morgan fingerprint density at radius 2 is 1.74 bits per heavy atom. The molecule has 0 radical (unpaired) electrons. The summed E-state index contributed by atoms with van der Waals surface area (Å²) >= 11 is 6.19. The second kappa shape index (κ2) is 10.2. The summed E-state index contributed by atoms with van der Waals surface area (Å²) in [6.45, 7) is -0.135. The van der Waals surface area contributed by atoms with Crippen LogP contribution in [0.5, 0.6) is 0 Å². The standard InChI is InChI=1S/C25H25ClFN5O3/c26-22-21-23(31-24(28)30-22)32(16-29-21)20-11-19(34-13-18-9-5-2-6-10-18)25(14-27,35-20)15-33-12-17-7-3-1-4-8-17/h1-10,16,19-20H,11-15H2,(H2,28,30,31)/t19-,20+,25+/m0/s1. The average Bonchev–Trinajstić information content (AvgIpc) is 3.46. The predicted molar refractivity (Wildman–Crippen MR) is 129 cm³/mol. The molecule has 0 aliphatic carbocycles. The zero-order valence-electron chi connectivity index (χ0n) is 18.9. The zero-order valence-corrected chi connectivity index (χ0v) is 19.6. The fourth-order valence-electron chi connectivity index (χ4n) is 4.26. The number of benzene rings is 2. The van der Waals surface area contributed by atoms with Gasteiger partial charge in [0.05, 0.1) is 32.3 Å². The number of nitrogens with two attached hydrogens (primary N) is 1. The van der Waals surface area contributed by atoms with Crippen molar-refractivity contribution in [2.45, 2.75) is 37.6 Å². The van der Waals surface area contributed by atoms with Crippen molar-refractivity contribution in [3.8, 4) is 0 Å². The van der Waals surface area contributed by atoms with E-state index >= 15 is 0 Å². The van der Waals surface area contributed by atoms with E-state index in [4.69, 9.17) is 31.5 Å². The van der Waals surface area contributed by atoms with Crippen molar-refractivity contribution in [1.82, 2.24) is 19.5 Å². The molecule has 1 aliphatic heterocycles. The number of rotatable bonds is 9. The highest BCUT2D eigenvalue weighted by molar-refractivity contribution is 6.33. The highest BCUT2D eigenvalue weighted by Gasteiger charge is 2.51. The lowest BCUT2D eigenvalue weighted by molar-refractivity contribution is -0.164. The third kappa shape index (κ3) is 4.99. The van der Waals surface area contributed by atoms with Crippen LogP contribution in [0.4, 0.5) is 10.3 Å². The van der Waals surface area contributed by atoms with Gasteiger partial charge < -0.3 is 19.9 Å². The Bertz CT molecular complexity index is 1280. The quantitative estimate of drug-likeness (QED) is 0.340. The van der Waals surface area contributed by atoms with Gasteiger partial charge in [-0.2, -0.15) is 9.97 Å². The summed E-state index contributed by atoms with van der Waals surface area (Å²) in [5.41, 5.74) is 7.26. The molecule has 2 aromatic heterocycles. The summed E-state index contributed by atoms with van der Waals surface area (Å²) in [5, 5.41) is 0.143. The van der Waals surface area contributed by atoms with E-state index in [0.717, 1.165) is 11.1 Å². The van der Waals surface area contributed by atoms with E-state index in [1.54, 1.807) is 10.9 Å². The molecule has 1 saturated heterocycles. The van der Waals surface area contributed by atoms with Gasteiger partial charge in [-0.25, -0.2) is 9.37 Å². The predicted octanol–water partition coefficient (Wildman–Crippen LogP) is 4.49. The van der Waals surface area contributed by atoms with E-state index in [1.165, 1.54) is 0 Å². The fourth-order valence-corrected chi connectivity index (χ4v) is 4.48. The molecular weight excluding hydrogens is 473 g/mol. The summed E-state index contributed by atoms with van der Waals surface area (Å²) in [4.78, 5) is 12.5. The van der Waals surface area contributed by atoms with Gasteiger partial charge in [-0.15, -0.1) is 0 Å². The maximum absolute atomic E-state index is 14.7. The molecule has 35 heavy (non-hydrogen) atoms. The number of nitrogens with zero attached hydrogens (tertiary/aromatic N) is 4. The molecule has 0 unspecified atom stereocenters. The first-order valence-electron chi connectivity index (χ1n) is 11.2. The number of alkyl halides is 1. The van der Waals surface area contributed by atoms with E-state index in [-0.39, 0.29) is 17.7 Å². The van der Waals surface area contributed by atoms with Crippen LogP contribution in [-0.4, -0.2) is 44.5 Å². The van der Waals surface area contributed by atoms with Gasteiger partial charge in [0, 0.05) is 6.42 Å². The third-order valence-corrected chi connectivity index (χ3v) is 6.32. The maximum Gasteiger partial charge on any atom is 0.223 e. The van der Waals surface area contributed by atoms with Crippen LogP contribution in [-0.2, 0) is 27.4 Å². The molecule has 10 heteroatoms. The lowest BCUT2D eigenvalue weighted by Gasteiger charge is -2.31. The molecule has 4 aromatic rings. The van der Waals surface area contributed by atoms with Gasteiger partial charge in [0.2, 0.25) is 5.95 Å². The first-order valence-corrected chi connectivity index (χ1v) is 11.6. The number of aromatic nitrogens is 4. The third-order valence-electron chi connectivity index (χ3n) is 6.06. The normalized spacial score (nSPS) is 22.1. The Morgan fingerprint density at radius 1 is 1.06 bits per heavy atom. The summed E-state index contributed by atoms with van der Waals surface area (Å²) in [5.74, 6) is 0.0158. The van der Waals surface area contributed by atoms with Gasteiger partial charge in [0.1, 0.15) is 24.0 Å². The summed E-state index contributed by atoms with van der Waals surface area (Å²) in [6, 6.07) is 19.4. The van der Waals surface area contributed by atoms with Crippen molar-refractivity contribution in [1.29, 1.82) is 0 Å². The molecule has 2 N–H and O–H groups in total. The Balaban J connectivity index is 1.40. The van der Waals surface area contributed by atoms with Crippen molar-refractivity contribution in [2.75, 3.05) is 19.0 Å². The lowest BCUT2D eigenvalue weighted by atomic mass is 9.99. The molecular formula is C25H25ClFN5O3. The van der Waals surface area contributed by atoms with Gasteiger partial charge >= 0.3 is 0 Å². The number of fused-ring (bicyclic) bond motifs is 1. The van der Waals surface area contributed by atoms with Crippen LogP contribution in [0.1, 0.15) is 23.8 Å². The van der Waals surface area contributed by atoms with E-state index in [9.17, 15) is 4.39 Å². The summed E-state index contributed by atoms with van der Waals surface area (Å²) in [6.07, 6.45) is 0.712. The molecule has 1 fully saturated rings. The fraction of sp³-hybridized carbons (Fsp3) is 0.320. The zero-order chi connectivity index (χ0) is 24.3. The monoisotopic (exact) mass is 497 g/mol. The van der Waals surface area contributed by atoms with Gasteiger partial charge in [0.15, 0.2) is 10.8 Å². The second-order valence-corrected chi connectivity index (χ2v) is 8.82. The van der Waals surface area contributed by atoms with Crippen molar-refractivity contribution < 1.29 is 18.6 Å². The van der Waals surface area contributed by atoms with Gasteiger partial charge in [-0.3, -0.25) is 4.57 Å². The minimum absolute atomic E-state index is 0.0128. The molecule has 0 amide bonds. The van der Waals surface area contributed by atoms with Crippen LogP contribution in [0.3, 0.4) is 0 Å². The molecule has 0 spiro atoms. The molecule has 0 saturated carbocycles. The number of imidazole rings is 1. The number of nitrogen functional groups attached to an aromatic ring is 1. The first kappa shape index (κ1) is 23.6. The molecule has 182 valence electrons. The largest absolute Gasteiger partial charge is 0.374 e. The van der Waals surface area contributed by atoms with E-state index < -0.39 is 24.6 Å². The molecule has 3 atom stereocenters. The number of hydrogen-bond donors (Lipinski definition) is 1. The molecule has 0 bridgehead atoms. The molecule has 2 aromatic carbocycles.